The Morgan fingerprint density at radius 3 is 2.53 bits per heavy atom. The Balaban J connectivity index is 2.00. The molecule has 1 amide bonds. The van der Waals surface area contributed by atoms with Crippen molar-refractivity contribution in [3.05, 3.63) is 33.3 Å². The molecule has 1 aliphatic rings. The van der Waals surface area contributed by atoms with Gasteiger partial charge in [0.1, 0.15) is 9.84 Å². The number of hydrogen-bond acceptors (Lipinski definition) is 3. The van der Waals surface area contributed by atoms with Gasteiger partial charge in [-0.15, -0.1) is 0 Å². The number of nitrogens with one attached hydrogen (secondary N) is 1. The van der Waals surface area contributed by atoms with Gasteiger partial charge in [0, 0.05) is 16.1 Å². The largest absolute Gasteiger partial charge is 0.349 e. The maximum Gasteiger partial charge on any atom is 0.251 e. The van der Waals surface area contributed by atoms with Crippen LogP contribution >= 0.6 is 27.5 Å². The molecule has 0 spiro atoms. The number of rotatable bonds is 2. The molecule has 1 saturated heterocycles. The van der Waals surface area contributed by atoms with Gasteiger partial charge < -0.3 is 5.32 Å². The van der Waals surface area contributed by atoms with Gasteiger partial charge in [0.05, 0.1) is 16.5 Å². The van der Waals surface area contributed by atoms with Crippen molar-refractivity contribution in [1.29, 1.82) is 0 Å². The highest BCUT2D eigenvalue weighted by Crippen LogP contribution is 2.23. The molecule has 1 aromatic rings. The third-order valence-electron chi connectivity index (χ3n) is 3.07. The number of hydrogen-bond donors (Lipinski definition) is 1. The van der Waals surface area contributed by atoms with Crippen LogP contribution in [0.4, 0.5) is 0 Å². The highest BCUT2D eigenvalue weighted by atomic mass is 79.9. The summed E-state index contributed by atoms with van der Waals surface area (Å²) in [6.07, 6.45) is 0.950. The number of halogens is 2. The summed E-state index contributed by atoms with van der Waals surface area (Å²) in [5.74, 6) is 0.0755. The smallest absolute Gasteiger partial charge is 0.251 e. The minimum atomic E-state index is -2.90. The minimum Gasteiger partial charge on any atom is -0.349 e. The number of benzene rings is 1. The van der Waals surface area contributed by atoms with Gasteiger partial charge in [-0.1, -0.05) is 11.6 Å². The van der Waals surface area contributed by atoms with Crippen LogP contribution in [0.25, 0.3) is 0 Å². The van der Waals surface area contributed by atoms with Gasteiger partial charge in [-0.05, 0) is 47.0 Å². The first-order valence-electron chi connectivity index (χ1n) is 5.84. The fraction of sp³-hybridized carbons (Fsp3) is 0.417. The van der Waals surface area contributed by atoms with Crippen LogP contribution in [0.1, 0.15) is 23.2 Å². The van der Waals surface area contributed by atoms with Gasteiger partial charge in [0.2, 0.25) is 0 Å². The lowest BCUT2D eigenvalue weighted by Crippen LogP contribution is -2.40. The molecule has 1 fully saturated rings. The highest BCUT2D eigenvalue weighted by molar-refractivity contribution is 9.10. The molecule has 2 rings (SSSR count). The lowest BCUT2D eigenvalue weighted by Gasteiger charge is -2.23. The van der Waals surface area contributed by atoms with Crippen LogP contribution in [0.3, 0.4) is 0 Å². The van der Waals surface area contributed by atoms with Crippen molar-refractivity contribution in [1.82, 2.24) is 5.32 Å². The second-order valence-corrected chi connectivity index (χ2v) is 8.09. The summed E-state index contributed by atoms with van der Waals surface area (Å²) in [5.41, 5.74) is 0.504. The zero-order chi connectivity index (χ0) is 14.0. The summed E-state index contributed by atoms with van der Waals surface area (Å²) in [4.78, 5) is 12.0. The van der Waals surface area contributed by atoms with Gasteiger partial charge in [0.25, 0.3) is 5.91 Å². The molecule has 0 atom stereocenters. The van der Waals surface area contributed by atoms with E-state index in [1.165, 1.54) is 0 Å². The van der Waals surface area contributed by atoms with Gasteiger partial charge in [0.15, 0.2) is 0 Å². The second-order valence-electron chi connectivity index (χ2n) is 4.53. The van der Waals surface area contributed by atoms with Crippen molar-refractivity contribution in [3.8, 4) is 0 Å². The Kier molecular flexibility index (Phi) is 4.53. The van der Waals surface area contributed by atoms with Crippen LogP contribution in [0, 0.1) is 0 Å². The first-order chi connectivity index (χ1) is 8.87. The third-order valence-corrected chi connectivity index (χ3v) is 6.00. The summed E-state index contributed by atoms with van der Waals surface area (Å²) >= 11 is 9.13. The molecule has 1 heterocycles. The van der Waals surface area contributed by atoms with Gasteiger partial charge in [-0.3, -0.25) is 4.79 Å². The van der Waals surface area contributed by atoms with Gasteiger partial charge in [-0.25, -0.2) is 8.42 Å². The Bertz CT molecular complexity index is 589. The van der Waals surface area contributed by atoms with Crippen molar-refractivity contribution in [2.45, 2.75) is 18.9 Å². The molecule has 104 valence electrons. The van der Waals surface area contributed by atoms with Crippen molar-refractivity contribution in [3.63, 3.8) is 0 Å². The van der Waals surface area contributed by atoms with Gasteiger partial charge >= 0.3 is 0 Å². The Hall–Kier alpha value is -0.590. The quantitative estimate of drug-likeness (QED) is 0.874. The second kappa shape index (κ2) is 5.81. The Morgan fingerprint density at radius 1 is 1.32 bits per heavy atom. The molecule has 1 aromatic carbocycles. The lowest BCUT2D eigenvalue weighted by molar-refractivity contribution is 0.0934. The van der Waals surface area contributed by atoms with E-state index in [0.717, 1.165) is 0 Å². The zero-order valence-electron chi connectivity index (χ0n) is 10.0. The van der Waals surface area contributed by atoms with E-state index < -0.39 is 9.84 Å². The summed E-state index contributed by atoms with van der Waals surface area (Å²) < 4.78 is 23.3. The van der Waals surface area contributed by atoms with Crippen LogP contribution in [-0.2, 0) is 9.84 Å². The molecular formula is C12H13BrClNO3S. The standard InChI is InChI=1S/C12H13BrClNO3S/c13-10-7-8(1-2-11(10)14)12(16)15-9-3-5-19(17,18)6-4-9/h1-2,7,9H,3-6H2,(H,15,16). The van der Waals surface area contributed by atoms with Crippen LogP contribution in [0.15, 0.2) is 22.7 Å². The first-order valence-corrected chi connectivity index (χ1v) is 8.83. The Morgan fingerprint density at radius 2 is 1.95 bits per heavy atom. The van der Waals surface area contributed by atoms with Crippen molar-refractivity contribution in [2.24, 2.45) is 0 Å². The Labute approximate surface area is 125 Å². The van der Waals surface area contributed by atoms with E-state index in [-0.39, 0.29) is 23.5 Å². The highest BCUT2D eigenvalue weighted by Gasteiger charge is 2.24. The van der Waals surface area contributed by atoms with E-state index in [9.17, 15) is 13.2 Å². The molecule has 19 heavy (non-hydrogen) atoms. The lowest BCUT2D eigenvalue weighted by atomic mass is 10.1. The first kappa shape index (κ1) is 14.8. The van der Waals surface area contributed by atoms with E-state index in [0.29, 0.717) is 27.9 Å². The summed E-state index contributed by atoms with van der Waals surface area (Å²) in [5, 5.41) is 3.39. The van der Waals surface area contributed by atoms with Crippen molar-refractivity contribution >= 4 is 43.3 Å². The van der Waals surface area contributed by atoms with E-state index in [1.54, 1.807) is 18.2 Å². The molecular weight excluding hydrogens is 354 g/mol. The maximum atomic E-state index is 12.0. The van der Waals surface area contributed by atoms with E-state index in [2.05, 4.69) is 21.2 Å². The van der Waals surface area contributed by atoms with Crippen LogP contribution in [-0.4, -0.2) is 31.9 Å². The monoisotopic (exact) mass is 365 g/mol. The number of carbonyl (C=O) groups excluding carboxylic acids is 1. The molecule has 0 saturated carbocycles. The number of sulfone groups is 1. The summed E-state index contributed by atoms with van der Waals surface area (Å²) in [6.45, 7) is 0. The normalized spacial score (nSPS) is 19.1. The fourth-order valence-electron chi connectivity index (χ4n) is 1.94. The zero-order valence-corrected chi connectivity index (χ0v) is 13.2. The number of amides is 1. The molecule has 0 aliphatic carbocycles. The van der Waals surface area contributed by atoms with E-state index in [1.807, 2.05) is 0 Å². The van der Waals surface area contributed by atoms with Crippen LogP contribution < -0.4 is 5.32 Å². The van der Waals surface area contributed by atoms with Crippen LogP contribution in [0.5, 0.6) is 0 Å². The topological polar surface area (TPSA) is 63.2 Å². The SMILES string of the molecule is O=C(NC1CCS(=O)(=O)CC1)c1ccc(Cl)c(Br)c1. The van der Waals surface area contributed by atoms with Crippen LogP contribution in [0.2, 0.25) is 5.02 Å². The molecule has 0 bridgehead atoms. The van der Waals surface area contributed by atoms with E-state index >= 15 is 0 Å². The molecule has 0 aromatic heterocycles. The average Bonchev–Trinajstić information content (AvgIpc) is 2.35. The molecule has 7 heteroatoms. The molecule has 1 N–H and O–H groups in total. The molecule has 0 radical (unpaired) electrons. The van der Waals surface area contributed by atoms with Crippen molar-refractivity contribution < 1.29 is 13.2 Å². The number of carbonyl (C=O) groups is 1. The molecule has 0 unspecified atom stereocenters. The maximum absolute atomic E-state index is 12.0. The molecule has 1 aliphatic heterocycles. The predicted molar refractivity (Wildman–Crippen MR) is 78.3 cm³/mol. The van der Waals surface area contributed by atoms with Crippen molar-refractivity contribution in [2.75, 3.05) is 11.5 Å². The molecule has 4 nitrogen and oxygen atoms in total. The fourth-order valence-corrected chi connectivity index (χ4v) is 3.93. The summed E-state index contributed by atoms with van der Waals surface area (Å²) in [6, 6.07) is 4.86. The minimum absolute atomic E-state index is 0.0783. The predicted octanol–water partition coefficient (Wildman–Crippen LogP) is 2.41. The summed E-state index contributed by atoms with van der Waals surface area (Å²) in [7, 11) is -2.90. The average molecular weight is 367 g/mol. The van der Waals surface area contributed by atoms with E-state index in [4.69, 9.17) is 11.6 Å². The third kappa shape index (κ3) is 3.94. The van der Waals surface area contributed by atoms with Gasteiger partial charge in [-0.2, -0.15) is 0 Å².